The summed E-state index contributed by atoms with van der Waals surface area (Å²) in [5.74, 6) is 2.39. The van der Waals surface area contributed by atoms with E-state index < -0.39 is 0 Å². The lowest BCUT2D eigenvalue weighted by atomic mass is 10.0. The van der Waals surface area contributed by atoms with Crippen LogP contribution < -0.4 is 0 Å². The molecule has 6 nitrogen and oxygen atoms in total. The summed E-state index contributed by atoms with van der Waals surface area (Å²) in [5.41, 5.74) is 10.1. The normalized spacial score (nSPS) is 11.4. The highest BCUT2D eigenvalue weighted by Gasteiger charge is 2.19. The third-order valence-corrected chi connectivity index (χ3v) is 9.54. The van der Waals surface area contributed by atoms with Crippen LogP contribution >= 0.6 is 0 Å². The van der Waals surface area contributed by atoms with Gasteiger partial charge < -0.3 is 4.42 Å². The van der Waals surface area contributed by atoms with Gasteiger partial charge in [0.25, 0.3) is 0 Å². The molecule has 0 aliphatic rings. The van der Waals surface area contributed by atoms with Crippen LogP contribution in [0.25, 0.3) is 101 Å². The van der Waals surface area contributed by atoms with E-state index in [9.17, 15) is 0 Å². The predicted molar refractivity (Wildman–Crippen MR) is 213 cm³/mol. The van der Waals surface area contributed by atoms with Crippen LogP contribution in [-0.4, -0.2) is 24.9 Å². The first kappa shape index (κ1) is 30.5. The number of hydrogen-bond donors (Lipinski definition) is 0. The van der Waals surface area contributed by atoms with Crippen molar-refractivity contribution >= 4 is 32.8 Å². The topological polar surface area (TPSA) is 77.6 Å². The summed E-state index contributed by atoms with van der Waals surface area (Å²) in [5, 5.41) is 2.86. The van der Waals surface area contributed by atoms with Crippen LogP contribution in [0.3, 0.4) is 0 Å². The minimum Gasteiger partial charge on any atom is -0.456 e. The number of rotatable bonds is 6. The van der Waals surface area contributed by atoms with Crippen LogP contribution in [0.2, 0.25) is 0 Å². The van der Waals surface area contributed by atoms with Gasteiger partial charge in [0, 0.05) is 44.0 Å². The van der Waals surface area contributed by atoms with Gasteiger partial charge in [-0.15, -0.1) is 0 Å². The van der Waals surface area contributed by atoms with Crippen molar-refractivity contribution in [2.75, 3.05) is 0 Å². The summed E-state index contributed by atoms with van der Waals surface area (Å²) in [7, 11) is 0. The Morgan fingerprint density at radius 2 is 0.906 bits per heavy atom. The van der Waals surface area contributed by atoms with E-state index in [1.165, 1.54) is 0 Å². The summed E-state index contributed by atoms with van der Waals surface area (Å²) in [4.78, 5) is 25.4. The fourth-order valence-corrected chi connectivity index (χ4v) is 6.98. The molecule has 6 heteroatoms. The first-order valence-electron chi connectivity index (χ1n) is 17.5. The van der Waals surface area contributed by atoms with Crippen molar-refractivity contribution in [3.63, 3.8) is 0 Å². The fourth-order valence-electron chi connectivity index (χ4n) is 6.98. The molecule has 0 spiro atoms. The van der Waals surface area contributed by atoms with Crippen molar-refractivity contribution in [2.45, 2.75) is 0 Å². The third-order valence-electron chi connectivity index (χ3n) is 9.54. The van der Waals surface area contributed by atoms with Crippen LogP contribution in [0.4, 0.5) is 0 Å². The second-order valence-corrected chi connectivity index (χ2v) is 12.9. The Bertz CT molecular complexity index is 2940. The van der Waals surface area contributed by atoms with Crippen molar-refractivity contribution in [1.82, 2.24) is 24.9 Å². The molecule has 0 unspecified atom stereocenters. The van der Waals surface area contributed by atoms with E-state index in [0.29, 0.717) is 23.3 Å². The summed E-state index contributed by atoms with van der Waals surface area (Å²) in [6.45, 7) is 0. The van der Waals surface area contributed by atoms with E-state index >= 15 is 0 Å². The van der Waals surface area contributed by atoms with Gasteiger partial charge in [-0.2, -0.15) is 0 Å². The van der Waals surface area contributed by atoms with Gasteiger partial charge in [0.2, 0.25) is 0 Å². The zero-order chi connectivity index (χ0) is 35.1. The van der Waals surface area contributed by atoms with Crippen LogP contribution in [0.5, 0.6) is 0 Å². The van der Waals surface area contributed by atoms with E-state index in [4.69, 9.17) is 29.3 Å². The zero-order valence-corrected chi connectivity index (χ0v) is 28.4. The van der Waals surface area contributed by atoms with Crippen molar-refractivity contribution < 1.29 is 4.42 Å². The van der Waals surface area contributed by atoms with Crippen molar-refractivity contribution in [2.24, 2.45) is 0 Å². The van der Waals surface area contributed by atoms with E-state index in [1.54, 1.807) is 0 Å². The van der Waals surface area contributed by atoms with E-state index in [2.05, 4.69) is 54.6 Å². The maximum atomic E-state index is 6.45. The molecule has 0 saturated carbocycles. The van der Waals surface area contributed by atoms with Gasteiger partial charge in [-0.05, 0) is 47.5 Å². The smallest absolute Gasteiger partial charge is 0.164 e. The van der Waals surface area contributed by atoms with Crippen molar-refractivity contribution in [3.8, 4) is 67.9 Å². The first-order chi connectivity index (χ1) is 26.2. The second kappa shape index (κ2) is 12.8. The fraction of sp³-hybridized carbons (Fsp3) is 0. The molecular weight excluding hydrogens is 651 g/mol. The molecule has 0 saturated heterocycles. The Hall–Kier alpha value is -7.31. The lowest BCUT2D eigenvalue weighted by Crippen LogP contribution is -2.00. The largest absolute Gasteiger partial charge is 0.456 e. The average Bonchev–Trinajstić information content (AvgIpc) is 3.62. The molecule has 3 aromatic heterocycles. The lowest BCUT2D eigenvalue weighted by molar-refractivity contribution is 0.669. The Kier molecular flexibility index (Phi) is 7.36. The van der Waals surface area contributed by atoms with Gasteiger partial charge in [0.1, 0.15) is 11.2 Å². The Labute approximate surface area is 305 Å². The molecule has 0 aliphatic heterocycles. The van der Waals surface area contributed by atoms with Crippen LogP contribution in [0.1, 0.15) is 0 Å². The summed E-state index contributed by atoms with van der Waals surface area (Å²) in [6.07, 6.45) is 0. The SMILES string of the molecule is c1ccc(-c2cccc(-c3nc(-c4ccccc4)nc(-c4cccc5oc6ccc(-c7nc(-c8ccccc8)c8ccccc8n7)cc6c45)n3)c2)cc1. The van der Waals surface area contributed by atoms with Gasteiger partial charge in [0.15, 0.2) is 23.3 Å². The maximum absolute atomic E-state index is 6.45. The van der Waals surface area contributed by atoms with E-state index in [0.717, 1.165) is 77.5 Å². The molecule has 0 radical (unpaired) electrons. The number of hydrogen-bond acceptors (Lipinski definition) is 6. The molecule has 53 heavy (non-hydrogen) atoms. The zero-order valence-electron chi connectivity index (χ0n) is 28.4. The van der Waals surface area contributed by atoms with E-state index in [1.807, 2.05) is 121 Å². The molecule has 0 N–H and O–H groups in total. The second-order valence-electron chi connectivity index (χ2n) is 12.9. The quantitative estimate of drug-likeness (QED) is 0.174. The highest BCUT2D eigenvalue weighted by Crippen LogP contribution is 2.39. The summed E-state index contributed by atoms with van der Waals surface area (Å²) >= 11 is 0. The number of fused-ring (bicyclic) bond motifs is 4. The molecule has 0 aliphatic carbocycles. The molecule has 0 atom stereocenters. The number of benzene rings is 7. The number of para-hydroxylation sites is 1. The monoisotopic (exact) mass is 679 g/mol. The standard InChI is InChI=1S/C47H29N5O/c1-4-14-30(15-5-1)33-20-12-21-34(28-33)46-50-44(32-18-8-3-9-19-32)51-47(52-46)37-23-13-25-41-42(37)38-29-35(26-27-40(38)53-41)45-48-39-24-11-10-22-36(39)43(49-45)31-16-6-2-7-17-31/h1-29H. The molecule has 0 bridgehead atoms. The van der Waals surface area contributed by atoms with Gasteiger partial charge in [-0.25, -0.2) is 24.9 Å². The molecule has 10 rings (SSSR count). The Balaban J connectivity index is 1.16. The van der Waals surface area contributed by atoms with Crippen LogP contribution in [0, 0.1) is 0 Å². The van der Waals surface area contributed by atoms with Gasteiger partial charge in [-0.1, -0.05) is 140 Å². The Morgan fingerprint density at radius 3 is 1.70 bits per heavy atom. The van der Waals surface area contributed by atoms with Crippen molar-refractivity contribution in [3.05, 3.63) is 176 Å². The van der Waals surface area contributed by atoms with Gasteiger partial charge in [-0.3, -0.25) is 0 Å². The number of nitrogens with zero attached hydrogens (tertiary/aromatic N) is 5. The van der Waals surface area contributed by atoms with Crippen molar-refractivity contribution in [1.29, 1.82) is 0 Å². The lowest BCUT2D eigenvalue weighted by Gasteiger charge is -2.11. The minimum atomic E-state index is 0.561. The van der Waals surface area contributed by atoms with E-state index in [-0.39, 0.29) is 0 Å². The number of furan rings is 1. The highest BCUT2D eigenvalue weighted by atomic mass is 16.3. The van der Waals surface area contributed by atoms with Gasteiger partial charge in [0.05, 0.1) is 11.2 Å². The Morgan fingerprint density at radius 1 is 0.321 bits per heavy atom. The molecule has 248 valence electrons. The molecule has 7 aromatic carbocycles. The first-order valence-corrected chi connectivity index (χ1v) is 17.5. The minimum absolute atomic E-state index is 0.561. The molecule has 0 amide bonds. The molecular formula is C47H29N5O. The summed E-state index contributed by atoms with van der Waals surface area (Å²) < 4.78 is 6.45. The summed E-state index contributed by atoms with van der Waals surface area (Å²) in [6, 6.07) is 59.3. The van der Waals surface area contributed by atoms with Crippen LogP contribution in [-0.2, 0) is 0 Å². The highest BCUT2D eigenvalue weighted by molar-refractivity contribution is 6.12. The third kappa shape index (κ3) is 5.59. The molecule has 10 aromatic rings. The molecule has 3 heterocycles. The predicted octanol–water partition coefficient (Wildman–Crippen LogP) is 11.7. The molecule has 0 fully saturated rings. The number of aromatic nitrogens is 5. The maximum Gasteiger partial charge on any atom is 0.164 e. The average molecular weight is 680 g/mol. The van der Waals surface area contributed by atoms with Gasteiger partial charge >= 0.3 is 0 Å². The van der Waals surface area contributed by atoms with Crippen LogP contribution in [0.15, 0.2) is 180 Å².